The lowest BCUT2D eigenvalue weighted by Gasteiger charge is -2.17. The molecule has 0 radical (unpaired) electrons. The van der Waals surface area contributed by atoms with Gasteiger partial charge in [0, 0.05) is 24.7 Å². The number of halogens is 3. The van der Waals surface area contributed by atoms with E-state index in [0.29, 0.717) is 19.6 Å². The Balaban J connectivity index is 1.78. The molecule has 1 aromatic heterocycles. The van der Waals surface area contributed by atoms with Crippen LogP contribution in [0.4, 0.5) is 13.2 Å². The molecule has 0 spiro atoms. The fourth-order valence-corrected chi connectivity index (χ4v) is 3.03. The molecule has 3 rings (SSSR count). The van der Waals surface area contributed by atoms with E-state index in [9.17, 15) is 18.0 Å². The van der Waals surface area contributed by atoms with Crippen LogP contribution in [0, 0.1) is 0 Å². The summed E-state index contributed by atoms with van der Waals surface area (Å²) in [6, 6.07) is 4.34. The van der Waals surface area contributed by atoms with Gasteiger partial charge in [-0.15, -0.1) is 0 Å². The van der Waals surface area contributed by atoms with Crippen molar-refractivity contribution in [3.05, 3.63) is 52.3 Å². The zero-order chi connectivity index (χ0) is 18.4. The molecule has 8 heteroatoms. The zero-order valence-electron chi connectivity index (χ0n) is 14.3. The second kappa shape index (κ2) is 6.18. The third-order valence-corrected chi connectivity index (χ3v) is 4.26. The van der Waals surface area contributed by atoms with Crippen LogP contribution in [0.3, 0.4) is 0 Å². The van der Waals surface area contributed by atoms with Crippen LogP contribution in [-0.2, 0) is 32.9 Å². The zero-order valence-corrected chi connectivity index (χ0v) is 14.3. The number of hydrogen-bond acceptors (Lipinski definition) is 3. The van der Waals surface area contributed by atoms with Gasteiger partial charge in [0.05, 0.1) is 30.0 Å². The van der Waals surface area contributed by atoms with Gasteiger partial charge in [-0.1, -0.05) is 0 Å². The van der Waals surface area contributed by atoms with Crippen LogP contribution in [0.1, 0.15) is 32.9 Å². The summed E-state index contributed by atoms with van der Waals surface area (Å²) in [5, 5.41) is 4.49. The van der Waals surface area contributed by atoms with E-state index in [1.54, 1.807) is 9.58 Å². The van der Waals surface area contributed by atoms with Crippen LogP contribution in [-0.4, -0.2) is 39.6 Å². The van der Waals surface area contributed by atoms with Gasteiger partial charge >= 0.3 is 6.18 Å². The molecule has 0 saturated heterocycles. The number of aryl methyl sites for hydroxylation is 1. The quantitative estimate of drug-likeness (QED) is 0.853. The lowest BCUT2D eigenvalue weighted by Crippen LogP contribution is -2.26. The number of amides is 1. The monoisotopic (exact) mass is 352 g/mol. The predicted molar refractivity (Wildman–Crippen MR) is 85.6 cm³/mol. The second-order valence-corrected chi connectivity index (χ2v) is 6.47. The van der Waals surface area contributed by atoms with E-state index >= 15 is 0 Å². The second-order valence-electron chi connectivity index (χ2n) is 6.47. The molecule has 134 valence electrons. The van der Waals surface area contributed by atoms with Crippen LogP contribution in [0.2, 0.25) is 0 Å². The largest absolute Gasteiger partial charge is 0.416 e. The summed E-state index contributed by atoms with van der Waals surface area (Å²) in [7, 11) is 5.73. The van der Waals surface area contributed by atoms with E-state index in [4.69, 9.17) is 0 Å². The van der Waals surface area contributed by atoms with Crippen molar-refractivity contribution in [3.8, 4) is 0 Å². The molecule has 0 aliphatic carbocycles. The lowest BCUT2D eigenvalue weighted by atomic mass is 10.1. The number of benzene rings is 1. The van der Waals surface area contributed by atoms with Crippen molar-refractivity contribution >= 4 is 5.91 Å². The highest BCUT2D eigenvalue weighted by Crippen LogP contribution is 2.30. The topological polar surface area (TPSA) is 41.4 Å². The number of carbonyl (C=O) groups is 1. The van der Waals surface area contributed by atoms with Crippen molar-refractivity contribution in [2.24, 2.45) is 7.05 Å². The molecular formula is C17H19F3N4O. The molecule has 5 nitrogen and oxygen atoms in total. The van der Waals surface area contributed by atoms with Crippen LogP contribution >= 0.6 is 0 Å². The van der Waals surface area contributed by atoms with E-state index in [1.807, 2.05) is 26.0 Å². The Kier molecular flexibility index (Phi) is 4.32. The Morgan fingerprint density at radius 3 is 2.40 bits per heavy atom. The Hall–Kier alpha value is -2.35. The highest BCUT2D eigenvalue weighted by atomic mass is 19.4. The minimum atomic E-state index is -4.40. The van der Waals surface area contributed by atoms with E-state index in [0.717, 1.165) is 29.1 Å². The van der Waals surface area contributed by atoms with Gasteiger partial charge in [-0.05, 0) is 38.4 Å². The van der Waals surface area contributed by atoms with Gasteiger partial charge in [-0.2, -0.15) is 18.3 Å². The van der Waals surface area contributed by atoms with Gasteiger partial charge in [-0.3, -0.25) is 9.48 Å². The first-order valence-electron chi connectivity index (χ1n) is 7.81. The number of nitrogens with zero attached hydrogens (tertiary/aromatic N) is 4. The van der Waals surface area contributed by atoms with Gasteiger partial charge in [0.15, 0.2) is 0 Å². The average Bonchev–Trinajstić information content (AvgIpc) is 3.07. The number of rotatable bonds is 3. The molecule has 1 aliphatic rings. The molecule has 0 saturated carbocycles. The number of alkyl halides is 3. The molecule has 0 atom stereocenters. The molecular weight excluding hydrogens is 333 g/mol. The molecule has 2 heterocycles. The number of aromatic nitrogens is 2. The predicted octanol–water partition coefficient (Wildman–Crippen LogP) is 2.66. The fourth-order valence-electron chi connectivity index (χ4n) is 3.03. The van der Waals surface area contributed by atoms with E-state index < -0.39 is 11.7 Å². The smallest absolute Gasteiger partial charge is 0.328 e. The molecule has 0 N–H and O–H groups in total. The summed E-state index contributed by atoms with van der Waals surface area (Å²) in [6.45, 7) is 1.50. The van der Waals surface area contributed by atoms with Gasteiger partial charge in [0.2, 0.25) is 0 Å². The average molecular weight is 352 g/mol. The SMILES string of the molecule is CN(C)Cc1nn(C)c2c1CN(C(=O)c1ccc(C(F)(F)F)cc1)C2. The Bertz CT molecular complexity index is 793. The molecule has 25 heavy (non-hydrogen) atoms. The number of carbonyl (C=O) groups excluding carboxylic acids is 1. The molecule has 1 aliphatic heterocycles. The molecule has 1 aromatic carbocycles. The van der Waals surface area contributed by atoms with Crippen LogP contribution < -0.4 is 0 Å². The summed E-state index contributed by atoms with van der Waals surface area (Å²) < 4.78 is 39.7. The maximum atomic E-state index is 12.6. The van der Waals surface area contributed by atoms with Gasteiger partial charge in [0.25, 0.3) is 5.91 Å². The van der Waals surface area contributed by atoms with Crippen molar-refractivity contribution in [2.75, 3.05) is 14.1 Å². The number of fused-ring (bicyclic) bond motifs is 1. The lowest BCUT2D eigenvalue weighted by molar-refractivity contribution is -0.137. The van der Waals surface area contributed by atoms with Crippen molar-refractivity contribution in [2.45, 2.75) is 25.8 Å². The van der Waals surface area contributed by atoms with E-state index in [2.05, 4.69) is 5.10 Å². The van der Waals surface area contributed by atoms with Crippen LogP contribution in [0.15, 0.2) is 24.3 Å². The standard InChI is InChI=1S/C17H19F3N4O/c1-22(2)9-14-13-8-24(10-15(13)23(3)21-14)16(25)11-4-6-12(7-5-11)17(18,19)20/h4-7H,8-10H2,1-3H3. The summed E-state index contributed by atoms with van der Waals surface area (Å²) in [5.74, 6) is -0.277. The van der Waals surface area contributed by atoms with Crippen LogP contribution in [0.25, 0.3) is 0 Å². The fraction of sp³-hybridized carbons (Fsp3) is 0.412. The van der Waals surface area contributed by atoms with Crippen molar-refractivity contribution in [1.29, 1.82) is 0 Å². The molecule has 2 aromatic rings. The summed E-state index contributed by atoms with van der Waals surface area (Å²) in [6.07, 6.45) is -4.40. The maximum Gasteiger partial charge on any atom is 0.416 e. The minimum absolute atomic E-state index is 0.253. The Morgan fingerprint density at radius 2 is 1.84 bits per heavy atom. The van der Waals surface area contributed by atoms with Crippen molar-refractivity contribution in [1.82, 2.24) is 19.6 Å². The normalized spacial score (nSPS) is 14.3. The number of hydrogen-bond donors (Lipinski definition) is 0. The Labute approximate surface area is 143 Å². The molecule has 0 unspecified atom stereocenters. The molecule has 0 bridgehead atoms. The molecule has 0 fully saturated rings. The van der Waals surface area contributed by atoms with Crippen molar-refractivity contribution in [3.63, 3.8) is 0 Å². The third-order valence-electron chi connectivity index (χ3n) is 4.26. The van der Waals surface area contributed by atoms with Gasteiger partial charge in [-0.25, -0.2) is 0 Å². The first-order valence-corrected chi connectivity index (χ1v) is 7.81. The van der Waals surface area contributed by atoms with Crippen molar-refractivity contribution < 1.29 is 18.0 Å². The summed E-state index contributed by atoms with van der Waals surface area (Å²) in [5.41, 5.74) is 2.41. The highest BCUT2D eigenvalue weighted by Gasteiger charge is 2.32. The first-order chi connectivity index (χ1) is 11.7. The Morgan fingerprint density at radius 1 is 1.20 bits per heavy atom. The first kappa shape index (κ1) is 17.5. The van der Waals surface area contributed by atoms with E-state index in [1.165, 1.54) is 12.1 Å². The highest BCUT2D eigenvalue weighted by molar-refractivity contribution is 5.94. The molecule has 1 amide bonds. The minimum Gasteiger partial charge on any atom is -0.328 e. The van der Waals surface area contributed by atoms with Crippen LogP contribution in [0.5, 0.6) is 0 Å². The van der Waals surface area contributed by atoms with Gasteiger partial charge < -0.3 is 9.80 Å². The maximum absolute atomic E-state index is 12.6. The van der Waals surface area contributed by atoms with Gasteiger partial charge in [0.1, 0.15) is 0 Å². The summed E-state index contributed by atoms with van der Waals surface area (Å²) in [4.78, 5) is 16.3. The van der Waals surface area contributed by atoms with E-state index in [-0.39, 0.29) is 11.5 Å². The third kappa shape index (κ3) is 3.39. The summed E-state index contributed by atoms with van der Waals surface area (Å²) >= 11 is 0.